The number of carbonyl (C=O) groups excluding carboxylic acids is 1. The van der Waals surface area contributed by atoms with Gasteiger partial charge in [-0.2, -0.15) is 0 Å². The van der Waals surface area contributed by atoms with Gasteiger partial charge >= 0.3 is 0 Å². The third kappa shape index (κ3) is 3.47. The SMILES string of the molecule is COc1ccc2c(c1)C13CCN(CC4CC4)C(C2)C1(C)C[C@H](C)C3C(C)NC(=O)c1cccc(=O)[nH]1. The predicted molar refractivity (Wildman–Crippen MR) is 140 cm³/mol. The molecular formula is C30H39N3O3. The molecule has 6 nitrogen and oxygen atoms in total. The Morgan fingerprint density at radius 2 is 2.08 bits per heavy atom. The number of benzene rings is 1. The van der Waals surface area contributed by atoms with E-state index in [0.29, 0.717) is 23.6 Å². The van der Waals surface area contributed by atoms with E-state index in [1.54, 1.807) is 19.2 Å². The van der Waals surface area contributed by atoms with E-state index in [9.17, 15) is 9.59 Å². The molecule has 1 aliphatic heterocycles. The summed E-state index contributed by atoms with van der Waals surface area (Å²) >= 11 is 0. The van der Waals surface area contributed by atoms with Crippen LogP contribution in [0.2, 0.25) is 0 Å². The van der Waals surface area contributed by atoms with Crippen LogP contribution in [0.5, 0.6) is 5.75 Å². The van der Waals surface area contributed by atoms with E-state index in [4.69, 9.17) is 4.74 Å². The van der Waals surface area contributed by atoms with Gasteiger partial charge in [0.2, 0.25) is 5.56 Å². The molecule has 4 aliphatic rings. The zero-order valence-electron chi connectivity index (χ0n) is 22.0. The van der Waals surface area contributed by atoms with Gasteiger partial charge in [-0.05, 0) is 98.1 Å². The minimum absolute atomic E-state index is 0.0317. The third-order valence-corrected chi connectivity index (χ3v) is 10.2. The molecule has 1 aromatic carbocycles. The van der Waals surface area contributed by atoms with Crippen LogP contribution in [0.4, 0.5) is 0 Å². The van der Waals surface area contributed by atoms with Gasteiger partial charge in [-0.15, -0.1) is 0 Å². The molecule has 1 aromatic heterocycles. The molecule has 192 valence electrons. The maximum atomic E-state index is 13.2. The average molecular weight is 490 g/mol. The zero-order valence-corrected chi connectivity index (χ0v) is 22.0. The van der Waals surface area contributed by atoms with E-state index in [2.05, 4.69) is 54.2 Å². The van der Waals surface area contributed by atoms with Gasteiger partial charge in [0.25, 0.3) is 5.91 Å². The number of H-pyrrole nitrogens is 1. The van der Waals surface area contributed by atoms with E-state index in [0.717, 1.165) is 37.5 Å². The van der Waals surface area contributed by atoms with Crippen molar-refractivity contribution in [3.05, 3.63) is 63.6 Å². The molecule has 2 bridgehead atoms. The molecule has 6 rings (SSSR count). The molecule has 2 heterocycles. The second-order valence-corrected chi connectivity index (χ2v) is 12.2. The first-order valence-corrected chi connectivity index (χ1v) is 13.7. The quantitative estimate of drug-likeness (QED) is 0.640. The van der Waals surface area contributed by atoms with Crippen molar-refractivity contribution in [3.8, 4) is 5.75 Å². The number of aromatic nitrogens is 1. The van der Waals surface area contributed by atoms with Crippen molar-refractivity contribution in [1.29, 1.82) is 0 Å². The molecule has 2 aromatic rings. The highest BCUT2D eigenvalue weighted by atomic mass is 16.5. The number of amides is 1. The summed E-state index contributed by atoms with van der Waals surface area (Å²) in [5, 5.41) is 3.30. The van der Waals surface area contributed by atoms with Gasteiger partial charge in [0, 0.05) is 30.1 Å². The van der Waals surface area contributed by atoms with Gasteiger partial charge in [-0.1, -0.05) is 26.0 Å². The van der Waals surface area contributed by atoms with Crippen molar-refractivity contribution in [2.45, 2.75) is 70.4 Å². The van der Waals surface area contributed by atoms with Crippen molar-refractivity contribution in [3.63, 3.8) is 0 Å². The molecular weight excluding hydrogens is 450 g/mol. The lowest BCUT2D eigenvalue weighted by Crippen LogP contribution is -2.67. The van der Waals surface area contributed by atoms with Crippen LogP contribution in [0.15, 0.2) is 41.2 Å². The normalized spacial score (nSPS) is 33.9. The Morgan fingerprint density at radius 3 is 2.81 bits per heavy atom. The number of hydrogen-bond acceptors (Lipinski definition) is 4. The number of piperidine rings is 1. The van der Waals surface area contributed by atoms with Crippen molar-refractivity contribution in [2.24, 2.45) is 23.2 Å². The summed E-state index contributed by atoms with van der Waals surface area (Å²) in [5.74, 6) is 2.33. The van der Waals surface area contributed by atoms with E-state index >= 15 is 0 Å². The molecule has 1 saturated heterocycles. The van der Waals surface area contributed by atoms with Gasteiger partial charge in [0.1, 0.15) is 11.4 Å². The molecule has 36 heavy (non-hydrogen) atoms. The topological polar surface area (TPSA) is 74.4 Å². The van der Waals surface area contributed by atoms with Crippen LogP contribution >= 0.6 is 0 Å². The Kier molecular flexibility index (Phi) is 5.60. The minimum atomic E-state index is -0.255. The smallest absolute Gasteiger partial charge is 0.268 e. The van der Waals surface area contributed by atoms with Crippen molar-refractivity contribution < 1.29 is 9.53 Å². The first-order valence-electron chi connectivity index (χ1n) is 13.7. The summed E-state index contributed by atoms with van der Waals surface area (Å²) < 4.78 is 5.72. The Balaban J connectivity index is 1.42. The summed E-state index contributed by atoms with van der Waals surface area (Å²) in [5.41, 5.74) is 3.05. The van der Waals surface area contributed by atoms with Gasteiger partial charge in [-0.3, -0.25) is 14.5 Å². The molecule has 2 saturated carbocycles. The molecule has 1 amide bonds. The van der Waals surface area contributed by atoms with Gasteiger partial charge in [0.05, 0.1) is 7.11 Å². The molecule has 3 aliphatic carbocycles. The third-order valence-electron chi connectivity index (χ3n) is 10.2. The molecule has 6 heteroatoms. The van der Waals surface area contributed by atoms with Crippen molar-refractivity contribution >= 4 is 5.91 Å². The molecule has 0 spiro atoms. The number of nitrogens with zero attached hydrogens (tertiary/aromatic N) is 1. The minimum Gasteiger partial charge on any atom is -0.497 e. The van der Waals surface area contributed by atoms with Crippen LogP contribution in [-0.4, -0.2) is 48.1 Å². The Hall–Kier alpha value is -2.60. The summed E-state index contributed by atoms with van der Waals surface area (Å²) in [6.45, 7) is 9.44. The number of nitrogens with one attached hydrogen (secondary N) is 2. The standard InChI is InChI=1S/C30H39N3O3/c1-18-16-29(3)25-14-21-10-11-22(36-4)15-23(21)30(29,12-13-33(25)17-20-8-9-20)27(18)19(2)31-28(35)24-6-5-7-26(34)32-24/h5-7,10-11,15,18-20,25,27H,8-9,12-14,16-17H2,1-4H3,(H,31,35)(H,32,34)/t18-,19?,25?,27?,29?,30?/m0/s1. The van der Waals surface area contributed by atoms with Crippen LogP contribution in [0.3, 0.4) is 0 Å². The van der Waals surface area contributed by atoms with Crippen LogP contribution in [-0.2, 0) is 11.8 Å². The van der Waals surface area contributed by atoms with Crippen LogP contribution in [0.25, 0.3) is 0 Å². The van der Waals surface area contributed by atoms with Crippen molar-refractivity contribution in [1.82, 2.24) is 15.2 Å². The number of fused-ring (bicyclic) bond motifs is 1. The van der Waals surface area contributed by atoms with Crippen LogP contribution in [0, 0.1) is 23.2 Å². The second-order valence-electron chi connectivity index (χ2n) is 12.2. The highest BCUT2D eigenvalue weighted by molar-refractivity contribution is 5.92. The van der Waals surface area contributed by atoms with Crippen LogP contribution < -0.4 is 15.6 Å². The number of likely N-dealkylation sites (tertiary alicyclic amines) is 1. The van der Waals surface area contributed by atoms with Gasteiger partial charge in [0.15, 0.2) is 0 Å². The number of rotatable bonds is 6. The Morgan fingerprint density at radius 1 is 1.28 bits per heavy atom. The number of carbonyl (C=O) groups is 1. The van der Waals surface area contributed by atoms with Crippen LogP contribution in [0.1, 0.15) is 68.1 Å². The number of pyridine rings is 1. The fraction of sp³-hybridized carbons (Fsp3) is 0.600. The first-order chi connectivity index (χ1) is 17.3. The van der Waals surface area contributed by atoms with E-state index in [-0.39, 0.29) is 28.3 Å². The number of ether oxygens (including phenoxy) is 1. The Bertz CT molecular complexity index is 1240. The number of methoxy groups -OCH3 is 1. The molecule has 3 fully saturated rings. The largest absolute Gasteiger partial charge is 0.497 e. The van der Waals surface area contributed by atoms with Crippen molar-refractivity contribution in [2.75, 3.05) is 20.2 Å². The lowest BCUT2D eigenvalue weighted by Gasteiger charge is -2.63. The summed E-state index contributed by atoms with van der Waals surface area (Å²) in [7, 11) is 1.75. The maximum Gasteiger partial charge on any atom is 0.268 e. The number of aromatic amines is 1. The number of hydrogen-bond donors (Lipinski definition) is 2. The van der Waals surface area contributed by atoms with E-state index < -0.39 is 0 Å². The molecule has 0 radical (unpaired) electrons. The molecule has 2 N–H and O–H groups in total. The Labute approximate surface area is 213 Å². The fourth-order valence-electron chi connectivity index (χ4n) is 8.79. The summed E-state index contributed by atoms with van der Waals surface area (Å²) in [6.07, 6.45) is 6.10. The van der Waals surface area contributed by atoms with E-state index in [1.165, 1.54) is 36.6 Å². The predicted octanol–water partition coefficient (Wildman–Crippen LogP) is 4.14. The lowest BCUT2D eigenvalue weighted by molar-refractivity contribution is -0.0581. The fourth-order valence-corrected chi connectivity index (χ4v) is 8.79. The zero-order chi connectivity index (χ0) is 25.2. The molecule has 5 unspecified atom stereocenters. The highest BCUT2D eigenvalue weighted by Crippen LogP contribution is 2.69. The maximum absolute atomic E-state index is 13.2. The van der Waals surface area contributed by atoms with Gasteiger partial charge < -0.3 is 15.0 Å². The monoisotopic (exact) mass is 489 g/mol. The summed E-state index contributed by atoms with van der Waals surface area (Å²) in [6, 6.07) is 11.9. The first kappa shape index (κ1) is 23.8. The summed E-state index contributed by atoms with van der Waals surface area (Å²) in [4.78, 5) is 30.5. The average Bonchev–Trinajstić information content (AvgIpc) is 3.62. The highest BCUT2D eigenvalue weighted by Gasteiger charge is 2.69. The lowest BCUT2D eigenvalue weighted by atomic mass is 9.48. The van der Waals surface area contributed by atoms with E-state index in [1.807, 2.05) is 0 Å². The second kappa shape index (κ2) is 8.47. The molecule has 6 atom stereocenters. The van der Waals surface area contributed by atoms with Gasteiger partial charge in [-0.25, -0.2) is 0 Å².